The van der Waals surface area contributed by atoms with Gasteiger partial charge in [0.2, 0.25) is 0 Å². The molecule has 0 amide bonds. The lowest BCUT2D eigenvalue weighted by atomic mass is 10.1. The van der Waals surface area contributed by atoms with Gasteiger partial charge >= 0.3 is 0 Å². The van der Waals surface area contributed by atoms with Gasteiger partial charge < -0.3 is 15.5 Å². The molecular weight excluding hydrogens is 439 g/mol. The molecule has 0 radical (unpaired) electrons. The number of rotatable bonds is 12. The molecule has 1 heterocycles. The predicted octanol–water partition coefficient (Wildman–Crippen LogP) is 3.33. The normalized spacial score (nSPS) is 12.8. The van der Waals surface area contributed by atoms with E-state index in [-0.39, 0.29) is 24.0 Å². The number of halogens is 1. The van der Waals surface area contributed by atoms with E-state index in [0.717, 1.165) is 57.1 Å². The van der Waals surface area contributed by atoms with Crippen LogP contribution in [0.5, 0.6) is 0 Å². The van der Waals surface area contributed by atoms with Gasteiger partial charge in [0.25, 0.3) is 0 Å². The molecule has 0 aliphatic heterocycles. The number of guanidine groups is 1. The number of nitrogens with one attached hydrogen (secondary N) is 3. The number of aryl methyl sites for hydroxylation is 2. The van der Waals surface area contributed by atoms with Crippen LogP contribution in [0.25, 0.3) is 0 Å². The minimum Gasteiger partial charge on any atom is -0.357 e. The quantitative estimate of drug-likeness (QED) is 0.187. The van der Waals surface area contributed by atoms with E-state index in [1.54, 1.807) is 0 Å². The highest BCUT2D eigenvalue weighted by Gasteiger charge is 2.06. The van der Waals surface area contributed by atoms with E-state index in [4.69, 9.17) is 4.99 Å². The van der Waals surface area contributed by atoms with Crippen LogP contribution in [-0.2, 0) is 6.42 Å². The molecule has 0 bridgehead atoms. The first-order chi connectivity index (χ1) is 12.1. The van der Waals surface area contributed by atoms with E-state index in [9.17, 15) is 0 Å². The third-order valence-electron chi connectivity index (χ3n) is 4.54. The molecule has 1 aromatic heterocycles. The Morgan fingerprint density at radius 1 is 1.27 bits per heavy atom. The Balaban J connectivity index is 0.00000625. The molecule has 3 N–H and O–H groups in total. The van der Waals surface area contributed by atoms with Crippen molar-refractivity contribution in [1.29, 1.82) is 0 Å². The summed E-state index contributed by atoms with van der Waals surface area (Å²) in [5.41, 5.74) is 2.45. The standard InChI is InChI=1S/C19H38N6.HI/c1-6-20-19(21-13-9-12-18-15-22-24-17(18)5)23-16(4)11-10-14-25(7-2)8-3;/h15-16H,6-14H2,1-5H3,(H,22,24)(H2,20,21,23);1H. The Labute approximate surface area is 177 Å². The van der Waals surface area contributed by atoms with E-state index < -0.39 is 0 Å². The van der Waals surface area contributed by atoms with Crippen LogP contribution in [0.4, 0.5) is 0 Å². The molecule has 1 unspecified atom stereocenters. The fourth-order valence-corrected chi connectivity index (χ4v) is 2.87. The number of hydrogen-bond donors (Lipinski definition) is 3. The van der Waals surface area contributed by atoms with E-state index in [1.807, 2.05) is 6.20 Å². The summed E-state index contributed by atoms with van der Waals surface area (Å²) in [5.74, 6) is 0.932. The Hall–Kier alpha value is -0.830. The molecule has 1 rings (SSSR count). The highest BCUT2D eigenvalue weighted by molar-refractivity contribution is 14.0. The summed E-state index contributed by atoms with van der Waals surface area (Å²) in [7, 11) is 0. The third-order valence-corrected chi connectivity index (χ3v) is 4.54. The van der Waals surface area contributed by atoms with E-state index in [2.05, 4.69) is 60.3 Å². The van der Waals surface area contributed by atoms with Crippen LogP contribution >= 0.6 is 24.0 Å². The van der Waals surface area contributed by atoms with Gasteiger partial charge in [-0.1, -0.05) is 13.8 Å². The molecule has 0 aliphatic rings. The van der Waals surface area contributed by atoms with Crippen LogP contribution < -0.4 is 10.6 Å². The zero-order valence-electron chi connectivity index (χ0n) is 17.3. The average Bonchev–Trinajstić information content (AvgIpc) is 3.00. The maximum absolute atomic E-state index is 4.71. The van der Waals surface area contributed by atoms with Crippen LogP contribution in [0.15, 0.2) is 11.2 Å². The second-order valence-electron chi connectivity index (χ2n) is 6.60. The van der Waals surface area contributed by atoms with Crippen molar-refractivity contribution >= 4 is 29.9 Å². The van der Waals surface area contributed by atoms with Crippen molar-refractivity contribution < 1.29 is 0 Å². The highest BCUT2D eigenvalue weighted by atomic mass is 127. The molecule has 152 valence electrons. The van der Waals surface area contributed by atoms with Crippen LogP contribution in [0, 0.1) is 6.92 Å². The predicted molar refractivity (Wildman–Crippen MR) is 123 cm³/mol. The SMILES string of the molecule is CCNC(=NCCCc1cn[nH]c1C)NC(C)CCCN(CC)CC.I. The smallest absolute Gasteiger partial charge is 0.191 e. The van der Waals surface area contributed by atoms with Crippen molar-refractivity contribution in [3.05, 3.63) is 17.5 Å². The number of aromatic nitrogens is 2. The van der Waals surface area contributed by atoms with Gasteiger partial charge in [-0.2, -0.15) is 5.10 Å². The van der Waals surface area contributed by atoms with Gasteiger partial charge in [0.15, 0.2) is 5.96 Å². The summed E-state index contributed by atoms with van der Waals surface area (Å²) in [6.45, 7) is 16.0. The second kappa shape index (κ2) is 15.2. The molecule has 26 heavy (non-hydrogen) atoms. The van der Waals surface area contributed by atoms with Crippen molar-refractivity contribution in [3.63, 3.8) is 0 Å². The molecule has 6 nitrogen and oxygen atoms in total. The molecule has 0 fully saturated rings. The summed E-state index contributed by atoms with van der Waals surface area (Å²) < 4.78 is 0. The fourth-order valence-electron chi connectivity index (χ4n) is 2.87. The van der Waals surface area contributed by atoms with Gasteiger partial charge in [0.05, 0.1) is 6.20 Å². The van der Waals surface area contributed by atoms with Gasteiger partial charge in [-0.25, -0.2) is 0 Å². The largest absolute Gasteiger partial charge is 0.357 e. The molecule has 1 aromatic rings. The molecule has 0 aromatic carbocycles. The number of aliphatic imine (C=N–C) groups is 1. The monoisotopic (exact) mass is 478 g/mol. The summed E-state index contributed by atoms with van der Waals surface area (Å²) >= 11 is 0. The van der Waals surface area contributed by atoms with Crippen LogP contribution in [0.1, 0.15) is 58.2 Å². The highest BCUT2D eigenvalue weighted by Crippen LogP contribution is 2.05. The van der Waals surface area contributed by atoms with E-state index >= 15 is 0 Å². The number of H-pyrrole nitrogens is 1. The minimum atomic E-state index is 0. The summed E-state index contributed by atoms with van der Waals surface area (Å²) in [6.07, 6.45) is 6.35. The molecule has 1 atom stereocenters. The molecule has 0 saturated carbocycles. The molecule has 7 heteroatoms. The van der Waals surface area contributed by atoms with E-state index in [0.29, 0.717) is 6.04 Å². The Kier molecular flexibility index (Phi) is 14.8. The lowest BCUT2D eigenvalue weighted by Crippen LogP contribution is -2.42. The zero-order valence-corrected chi connectivity index (χ0v) is 19.6. The van der Waals surface area contributed by atoms with Crippen molar-refractivity contribution in [2.75, 3.05) is 32.7 Å². The summed E-state index contributed by atoms with van der Waals surface area (Å²) in [6, 6.07) is 0.435. The van der Waals surface area contributed by atoms with Crippen LogP contribution in [0.3, 0.4) is 0 Å². The van der Waals surface area contributed by atoms with Crippen LogP contribution in [-0.4, -0.2) is 59.8 Å². The molecule has 0 spiro atoms. The first-order valence-electron chi connectivity index (χ1n) is 9.86. The Bertz CT molecular complexity index is 484. The maximum Gasteiger partial charge on any atom is 0.191 e. The van der Waals surface area contributed by atoms with Crippen molar-refractivity contribution in [2.45, 2.75) is 66.3 Å². The fraction of sp³-hybridized carbons (Fsp3) is 0.789. The molecular formula is C19H39IN6. The van der Waals surface area contributed by atoms with Crippen LogP contribution in [0.2, 0.25) is 0 Å². The average molecular weight is 478 g/mol. The first kappa shape index (κ1) is 25.2. The lowest BCUT2D eigenvalue weighted by Gasteiger charge is -2.21. The van der Waals surface area contributed by atoms with Gasteiger partial charge in [-0.15, -0.1) is 24.0 Å². The second-order valence-corrected chi connectivity index (χ2v) is 6.60. The van der Waals surface area contributed by atoms with Gasteiger partial charge in [-0.3, -0.25) is 10.1 Å². The number of hydrogen-bond acceptors (Lipinski definition) is 3. The van der Waals surface area contributed by atoms with Gasteiger partial charge in [0.1, 0.15) is 0 Å². The van der Waals surface area contributed by atoms with Crippen molar-refractivity contribution in [3.8, 4) is 0 Å². The lowest BCUT2D eigenvalue weighted by molar-refractivity contribution is 0.292. The number of aromatic amines is 1. The topological polar surface area (TPSA) is 68.3 Å². The van der Waals surface area contributed by atoms with Crippen molar-refractivity contribution in [1.82, 2.24) is 25.7 Å². The summed E-state index contributed by atoms with van der Waals surface area (Å²) in [4.78, 5) is 7.19. The molecule has 0 aliphatic carbocycles. The Morgan fingerprint density at radius 3 is 2.58 bits per heavy atom. The third kappa shape index (κ3) is 10.4. The molecule has 0 saturated heterocycles. The first-order valence-corrected chi connectivity index (χ1v) is 9.86. The number of nitrogens with zero attached hydrogens (tertiary/aromatic N) is 3. The maximum atomic E-state index is 4.71. The zero-order chi connectivity index (χ0) is 18.5. The van der Waals surface area contributed by atoms with Crippen molar-refractivity contribution in [2.24, 2.45) is 4.99 Å². The van der Waals surface area contributed by atoms with Gasteiger partial charge in [0, 0.05) is 24.8 Å². The Morgan fingerprint density at radius 2 is 2.00 bits per heavy atom. The minimum absolute atomic E-state index is 0. The van der Waals surface area contributed by atoms with E-state index in [1.165, 1.54) is 18.5 Å². The van der Waals surface area contributed by atoms with Gasteiger partial charge in [-0.05, 0) is 71.7 Å². The summed E-state index contributed by atoms with van der Waals surface area (Å²) in [5, 5.41) is 13.9.